The van der Waals surface area contributed by atoms with Gasteiger partial charge in [0.25, 0.3) is 5.78 Å². The Hall–Kier alpha value is -1.78. The maximum absolute atomic E-state index is 10.3. The largest absolute Gasteiger partial charge is 0.512 e. The number of carboxylic acid groups (broad SMARTS) is 1. The SMILES string of the molecule is O=C(O)C(=O)C=CC(O)=CO. The first-order valence-electron chi connectivity index (χ1n) is 2.56. The Morgan fingerprint density at radius 3 is 2.00 bits per heavy atom. The maximum Gasteiger partial charge on any atom is 0.376 e. The van der Waals surface area contributed by atoms with Gasteiger partial charge in [-0.25, -0.2) is 4.79 Å². The zero-order valence-electron chi connectivity index (χ0n) is 5.39. The van der Waals surface area contributed by atoms with Gasteiger partial charge < -0.3 is 15.3 Å². The van der Waals surface area contributed by atoms with Gasteiger partial charge in [0, 0.05) is 0 Å². The second-order valence-corrected chi connectivity index (χ2v) is 1.56. The van der Waals surface area contributed by atoms with Crippen LogP contribution in [-0.4, -0.2) is 27.1 Å². The summed E-state index contributed by atoms with van der Waals surface area (Å²) in [4.78, 5) is 20.1. The molecule has 0 rings (SSSR count). The first kappa shape index (κ1) is 9.22. The highest BCUT2D eigenvalue weighted by molar-refractivity contribution is 6.37. The molecule has 0 spiro atoms. The van der Waals surface area contributed by atoms with Gasteiger partial charge in [-0.05, 0) is 12.2 Å². The fourth-order valence-corrected chi connectivity index (χ4v) is 0.275. The van der Waals surface area contributed by atoms with Crippen LogP contribution in [0.5, 0.6) is 0 Å². The molecule has 0 aromatic carbocycles. The molecule has 0 heterocycles. The van der Waals surface area contributed by atoms with E-state index in [1.165, 1.54) is 0 Å². The number of aliphatic hydroxyl groups is 2. The highest BCUT2D eigenvalue weighted by atomic mass is 16.4. The van der Waals surface area contributed by atoms with Gasteiger partial charge in [0.15, 0.2) is 0 Å². The normalized spacial score (nSPS) is 11.8. The highest BCUT2D eigenvalue weighted by Gasteiger charge is 2.05. The molecule has 5 heteroatoms. The molecular weight excluding hydrogens is 152 g/mol. The van der Waals surface area contributed by atoms with Gasteiger partial charge in [-0.3, -0.25) is 4.79 Å². The second-order valence-electron chi connectivity index (χ2n) is 1.56. The topological polar surface area (TPSA) is 94.8 Å². The Labute approximate surface area is 61.9 Å². The second kappa shape index (κ2) is 4.10. The fraction of sp³-hybridized carbons (Fsp3) is 0. The van der Waals surface area contributed by atoms with Crippen molar-refractivity contribution in [3.05, 3.63) is 24.2 Å². The van der Waals surface area contributed by atoms with E-state index in [-0.39, 0.29) is 0 Å². The molecule has 0 radical (unpaired) electrons. The number of ketones is 1. The maximum atomic E-state index is 10.3. The predicted molar refractivity (Wildman–Crippen MR) is 35.1 cm³/mol. The van der Waals surface area contributed by atoms with Crippen molar-refractivity contribution >= 4 is 11.8 Å². The van der Waals surface area contributed by atoms with Gasteiger partial charge in [0.05, 0.1) is 0 Å². The monoisotopic (exact) mass is 158 g/mol. The Balaban J connectivity index is 4.15. The molecule has 11 heavy (non-hydrogen) atoms. The number of allylic oxidation sites excluding steroid dienone is 1. The van der Waals surface area contributed by atoms with Crippen LogP contribution in [0.25, 0.3) is 0 Å². The Morgan fingerprint density at radius 1 is 1.09 bits per heavy atom. The molecule has 0 fully saturated rings. The molecule has 0 aromatic heterocycles. The summed E-state index contributed by atoms with van der Waals surface area (Å²) in [5, 5.41) is 24.5. The van der Waals surface area contributed by atoms with Gasteiger partial charge in [-0.15, -0.1) is 0 Å². The van der Waals surface area contributed by atoms with Crippen molar-refractivity contribution in [3.63, 3.8) is 0 Å². The van der Waals surface area contributed by atoms with Crippen LogP contribution in [0.2, 0.25) is 0 Å². The molecule has 0 aromatic rings. The average Bonchev–Trinajstić information content (AvgIpc) is 1.99. The first-order chi connectivity index (χ1) is 5.07. The van der Waals surface area contributed by atoms with Crippen molar-refractivity contribution in [2.45, 2.75) is 0 Å². The summed E-state index contributed by atoms with van der Waals surface area (Å²) in [7, 11) is 0. The minimum atomic E-state index is -1.62. The van der Waals surface area contributed by atoms with Crippen molar-refractivity contribution < 1.29 is 24.9 Å². The third-order valence-electron chi connectivity index (χ3n) is 0.749. The van der Waals surface area contributed by atoms with Crippen LogP contribution in [0, 0.1) is 0 Å². The summed E-state index contributed by atoms with van der Waals surface area (Å²) in [5.74, 6) is -3.37. The van der Waals surface area contributed by atoms with Gasteiger partial charge in [0.2, 0.25) is 0 Å². The minimum Gasteiger partial charge on any atom is -0.512 e. The molecule has 60 valence electrons. The number of carbonyl (C=O) groups excluding carboxylic acids is 1. The number of carboxylic acids is 1. The van der Waals surface area contributed by atoms with Crippen LogP contribution < -0.4 is 0 Å². The van der Waals surface area contributed by atoms with Crippen LogP contribution in [0.4, 0.5) is 0 Å². The minimum absolute atomic E-state index is 0.339. The smallest absolute Gasteiger partial charge is 0.376 e. The average molecular weight is 158 g/mol. The molecular formula is C6H6O5. The summed E-state index contributed by atoms with van der Waals surface area (Å²) in [6, 6.07) is 0. The van der Waals surface area contributed by atoms with E-state index in [4.69, 9.17) is 15.3 Å². The predicted octanol–water partition coefficient (Wildman–Crippen LogP) is 0.154. The Kier molecular flexibility index (Phi) is 3.44. The lowest BCUT2D eigenvalue weighted by molar-refractivity contribution is -0.146. The van der Waals surface area contributed by atoms with Crippen LogP contribution >= 0.6 is 0 Å². The number of rotatable bonds is 3. The van der Waals surface area contributed by atoms with E-state index < -0.39 is 17.5 Å². The number of hydrogen-bond acceptors (Lipinski definition) is 4. The van der Waals surface area contributed by atoms with E-state index in [1.54, 1.807) is 0 Å². The zero-order valence-corrected chi connectivity index (χ0v) is 5.39. The molecule has 0 aliphatic rings. The number of hydrogen-bond donors (Lipinski definition) is 3. The van der Waals surface area contributed by atoms with Crippen molar-refractivity contribution in [2.75, 3.05) is 0 Å². The van der Waals surface area contributed by atoms with Gasteiger partial charge in [0.1, 0.15) is 12.0 Å². The molecule has 0 amide bonds. The summed E-state index contributed by atoms with van der Waals surface area (Å²) in [5.41, 5.74) is 0. The lowest BCUT2D eigenvalue weighted by Gasteiger charge is -1.84. The quantitative estimate of drug-likeness (QED) is 0.235. The Morgan fingerprint density at radius 2 is 1.64 bits per heavy atom. The molecule has 0 aliphatic carbocycles. The van der Waals surface area contributed by atoms with E-state index in [1.807, 2.05) is 0 Å². The van der Waals surface area contributed by atoms with Gasteiger partial charge in [-0.2, -0.15) is 0 Å². The molecule has 0 aliphatic heterocycles. The van der Waals surface area contributed by atoms with E-state index in [0.29, 0.717) is 12.3 Å². The lowest BCUT2D eigenvalue weighted by Crippen LogP contribution is -2.08. The fourth-order valence-electron chi connectivity index (χ4n) is 0.275. The molecule has 0 saturated heterocycles. The van der Waals surface area contributed by atoms with Crippen molar-refractivity contribution in [3.8, 4) is 0 Å². The summed E-state index contributed by atoms with van der Waals surface area (Å²) >= 11 is 0. The lowest BCUT2D eigenvalue weighted by atomic mass is 10.3. The molecule has 5 nitrogen and oxygen atoms in total. The summed E-state index contributed by atoms with van der Waals surface area (Å²) in [6.45, 7) is 0. The van der Waals surface area contributed by atoms with Gasteiger partial charge >= 0.3 is 5.97 Å². The van der Waals surface area contributed by atoms with Crippen LogP contribution in [-0.2, 0) is 9.59 Å². The molecule has 0 bridgehead atoms. The van der Waals surface area contributed by atoms with Crippen molar-refractivity contribution in [1.29, 1.82) is 0 Å². The summed E-state index contributed by atoms with van der Waals surface area (Å²) in [6.07, 6.45) is 1.74. The highest BCUT2D eigenvalue weighted by Crippen LogP contribution is 1.88. The van der Waals surface area contributed by atoms with Gasteiger partial charge in [-0.1, -0.05) is 0 Å². The van der Waals surface area contributed by atoms with E-state index >= 15 is 0 Å². The van der Waals surface area contributed by atoms with E-state index in [0.717, 1.165) is 6.08 Å². The Bertz CT molecular complexity index is 225. The third kappa shape index (κ3) is 3.74. The number of aliphatic carboxylic acids is 1. The first-order valence-corrected chi connectivity index (χ1v) is 2.56. The standard InChI is InChI=1S/C6H6O5/c7-3-4(8)1-2-5(9)6(10)11/h1-3,7-8H,(H,10,11). The number of carbonyl (C=O) groups is 2. The van der Waals surface area contributed by atoms with Crippen molar-refractivity contribution in [2.24, 2.45) is 0 Å². The molecule has 0 saturated carbocycles. The molecule has 3 N–H and O–H groups in total. The van der Waals surface area contributed by atoms with Crippen LogP contribution in [0.1, 0.15) is 0 Å². The molecule has 0 atom stereocenters. The van der Waals surface area contributed by atoms with E-state index in [9.17, 15) is 9.59 Å². The summed E-state index contributed by atoms with van der Waals surface area (Å²) < 4.78 is 0. The van der Waals surface area contributed by atoms with Crippen LogP contribution in [0.15, 0.2) is 24.2 Å². The zero-order chi connectivity index (χ0) is 8.85. The van der Waals surface area contributed by atoms with Crippen LogP contribution in [0.3, 0.4) is 0 Å². The number of aliphatic hydroxyl groups excluding tert-OH is 2. The molecule has 0 unspecified atom stereocenters. The van der Waals surface area contributed by atoms with Crippen molar-refractivity contribution in [1.82, 2.24) is 0 Å². The third-order valence-corrected chi connectivity index (χ3v) is 0.749. The van der Waals surface area contributed by atoms with E-state index in [2.05, 4.69) is 0 Å².